The molecule has 0 aliphatic heterocycles. The van der Waals surface area contributed by atoms with Gasteiger partial charge in [-0.1, -0.05) is 24.3 Å². The number of methoxy groups -OCH3 is 1. The van der Waals surface area contributed by atoms with Crippen LogP contribution in [0.25, 0.3) is 0 Å². The fraction of sp³-hybridized carbons (Fsp3) is 0.267. The van der Waals surface area contributed by atoms with Crippen LogP contribution in [-0.2, 0) is 21.3 Å². The van der Waals surface area contributed by atoms with Crippen LogP contribution in [0.15, 0.2) is 42.0 Å². The molecule has 0 saturated carbocycles. The van der Waals surface area contributed by atoms with Gasteiger partial charge < -0.3 is 10.5 Å². The van der Waals surface area contributed by atoms with Gasteiger partial charge in [-0.2, -0.15) is 13.2 Å². The van der Waals surface area contributed by atoms with E-state index < -0.39 is 17.3 Å². The van der Waals surface area contributed by atoms with Crippen LogP contribution in [0.1, 0.15) is 17.5 Å². The van der Waals surface area contributed by atoms with E-state index in [1.807, 2.05) is 0 Å². The first-order chi connectivity index (χ1) is 9.84. The number of halogens is 3. The van der Waals surface area contributed by atoms with Crippen molar-refractivity contribution in [3.63, 3.8) is 0 Å². The van der Waals surface area contributed by atoms with Crippen molar-refractivity contribution in [2.45, 2.75) is 18.2 Å². The van der Waals surface area contributed by atoms with E-state index in [9.17, 15) is 18.0 Å². The maximum atomic E-state index is 13.0. The van der Waals surface area contributed by atoms with Gasteiger partial charge in [-0.3, -0.25) is 4.79 Å². The molecule has 0 heterocycles. The molecule has 1 unspecified atom stereocenters. The SMILES string of the molecule is COC1(c2cccc(C(F)(F)F)c2N)C=CC=C(C=O)C1. The van der Waals surface area contributed by atoms with Gasteiger partial charge in [-0.05, 0) is 17.7 Å². The largest absolute Gasteiger partial charge is 0.418 e. The van der Waals surface area contributed by atoms with Gasteiger partial charge in [-0.15, -0.1) is 0 Å². The molecule has 6 heteroatoms. The second-order valence-corrected chi connectivity index (χ2v) is 4.75. The van der Waals surface area contributed by atoms with E-state index in [0.29, 0.717) is 11.9 Å². The summed E-state index contributed by atoms with van der Waals surface area (Å²) < 4.78 is 44.3. The molecule has 0 amide bonds. The highest BCUT2D eigenvalue weighted by Gasteiger charge is 2.39. The van der Waals surface area contributed by atoms with Crippen molar-refractivity contribution in [1.29, 1.82) is 0 Å². The van der Waals surface area contributed by atoms with Crippen molar-refractivity contribution in [2.24, 2.45) is 0 Å². The number of hydrogen-bond acceptors (Lipinski definition) is 3. The van der Waals surface area contributed by atoms with E-state index >= 15 is 0 Å². The highest BCUT2D eigenvalue weighted by atomic mass is 19.4. The van der Waals surface area contributed by atoms with Gasteiger partial charge in [0.25, 0.3) is 0 Å². The Morgan fingerprint density at radius 3 is 2.67 bits per heavy atom. The van der Waals surface area contributed by atoms with E-state index in [2.05, 4.69) is 0 Å². The summed E-state index contributed by atoms with van der Waals surface area (Å²) >= 11 is 0. The topological polar surface area (TPSA) is 52.3 Å². The number of benzene rings is 1. The van der Waals surface area contributed by atoms with Crippen molar-refractivity contribution in [3.05, 3.63) is 53.1 Å². The van der Waals surface area contributed by atoms with Crippen molar-refractivity contribution in [1.82, 2.24) is 0 Å². The lowest BCUT2D eigenvalue weighted by Crippen LogP contribution is -2.30. The third kappa shape index (κ3) is 2.71. The van der Waals surface area contributed by atoms with Crippen molar-refractivity contribution >= 4 is 12.0 Å². The summed E-state index contributed by atoms with van der Waals surface area (Å²) in [6, 6.07) is 3.68. The van der Waals surface area contributed by atoms with Crippen LogP contribution in [-0.4, -0.2) is 13.4 Å². The Labute approximate surface area is 119 Å². The molecule has 1 atom stereocenters. The quantitative estimate of drug-likeness (QED) is 0.688. The highest BCUT2D eigenvalue weighted by Crippen LogP contribution is 2.43. The van der Waals surface area contributed by atoms with Gasteiger partial charge in [0.05, 0.1) is 11.3 Å². The number of carbonyl (C=O) groups is 1. The Morgan fingerprint density at radius 1 is 1.38 bits per heavy atom. The smallest absolute Gasteiger partial charge is 0.398 e. The van der Waals surface area contributed by atoms with Crippen LogP contribution >= 0.6 is 0 Å². The molecule has 3 nitrogen and oxygen atoms in total. The number of alkyl halides is 3. The number of nitrogens with two attached hydrogens (primary N) is 1. The molecule has 2 rings (SSSR count). The molecule has 21 heavy (non-hydrogen) atoms. The number of para-hydroxylation sites is 1. The normalized spacial score (nSPS) is 22.0. The van der Waals surface area contributed by atoms with E-state index in [1.165, 1.54) is 19.2 Å². The molecule has 1 aliphatic rings. The number of rotatable bonds is 3. The molecule has 0 spiro atoms. The Hall–Kier alpha value is -2.08. The fourth-order valence-electron chi connectivity index (χ4n) is 2.45. The Kier molecular flexibility index (Phi) is 3.91. The number of hydrogen-bond donors (Lipinski definition) is 1. The van der Waals surface area contributed by atoms with Gasteiger partial charge in [-0.25, -0.2) is 0 Å². The number of nitrogen functional groups attached to an aromatic ring is 1. The average Bonchev–Trinajstić information content (AvgIpc) is 2.46. The van der Waals surface area contributed by atoms with Crippen molar-refractivity contribution in [2.75, 3.05) is 12.8 Å². The van der Waals surface area contributed by atoms with E-state index in [0.717, 1.165) is 6.07 Å². The zero-order valence-electron chi connectivity index (χ0n) is 11.3. The van der Waals surface area contributed by atoms with Gasteiger partial charge in [0.1, 0.15) is 11.9 Å². The number of aldehydes is 1. The Balaban J connectivity index is 2.57. The zero-order valence-corrected chi connectivity index (χ0v) is 11.3. The maximum absolute atomic E-state index is 13.0. The first-order valence-corrected chi connectivity index (χ1v) is 6.19. The molecular formula is C15H14F3NO2. The fourth-order valence-corrected chi connectivity index (χ4v) is 2.45. The molecule has 112 valence electrons. The third-order valence-electron chi connectivity index (χ3n) is 3.53. The van der Waals surface area contributed by atoms with Crippen molar-refractivity contribution in [3.8, 4) is 0 Å². The maximum Gasteiger partial charge on any atom is 0.418 e. The van der Waals surface area contributed by atoms with Crippen molar-refractivity contribution < 1.29 is 22.7 Å². The van der Waals surface area contributed by atoms with Gasteiger partial charge in [0.15, 0.2) is 0 Å². The summed E-state index contributed by atoms with van der Waals surface area (Å²) in [5.41, 5.74) is 3.87. The minimum atomic E-state index is -4.54. The lowest BCUT2D eigenvalue weighted by atomic mass is 9.82. The first kappa shape index (κ1) is 15.3. The highest BCUT2D eigenvalue weighted by molar-refractivity contribution is 5.75. The predicted octanol–water partition coefficient (Wildman–Crippen LogP) is 3.21. The van der Waals surface area contributed by atoms with Crippen LogP contribution in [0.4, 0.5) is 18.9 Å². The molecule has 1 aromatic rings. The summed E-state index contributed by atoms with van der Waals surface area (Å²) in [6.07, 6.45) is 1.02. The Morgan fingerprint density at radius 2 is 2.10 bits per heavy atom. The molecule has 1 aromatic carbocycles. The summed E-state index contributed by atoms with van der Waals surface area (Å²) in [7, 11) is 1.37. The first-order valence-electron chi connectivity index (χ1n) is 6.19. The van der Waals surface area contributed by atoms with Gasteiger partial charge >= 0.3 is 6.18 Å². The lowest BCUT2D eigenvalue weighted by Gasteiger charge is -2.33. The second-order valence-electron chi connectivity index (χ2n) is 4.75. The monoisotopic (exact) mass is 297 g/mol. The summed E-state index contributed by atoms with van der Waals surface area (Å²) in [5.74, 6) is 0. The summed E-state index contributed by atoms with van der Waals surface area (Å²) in [6.45, 7) is 0. The van der Waals surface area contributed by atoms with Crippen LogP contribution in [0.2, 0.25) is 0 Å². The van der Waals surface area contributed by atoms with E-state index in [4.69, 9.17) is 10.5 Å². The van der Waals surface area contributed by atoms with E-state index in [-0.39, 0.29) is 17.7 Å². The summed E-state index contributed by atoms with van der Waals surface area (Å²) in [5, 5.41) is 0. The molecule has 0 saturated heterocycles. The van der Waals surface area contributed by atoms with Gasteiger partial charge in [0.2, 0.25) is 0 Å². The minimum absolute atomic E-state index is 0.134. The van der Waals surface area contributed by atoms with E-state index in [1.54, 1.807) is 18.2 Å². The minimum Gasteiger partial charge on any atom is -0.398 e. The lowest BCUT2D eigenvalue weighted by molar-refractivity contribution is -0.137. The number of ether oxygens (including phenoxy) is 1. The van der Waals surface area contributed by atoms with Crippen LogP contribution in [0.3, 0.4) is 0 Å². The standard InChI is InChI=1S/C15H14F3NO2/c1-21-14(7-3-4-10(8-14)9-20)11-5-2-6-12(13(11)19)15(16,17)18/h2-7,9H,8,19H2,1H3. The molecule has 0 aromatic heterocycles. The molecule has 1 aliphatic carbocycles. The molecule has 2 N–H and O–H groups in total. The number of allylic oxidation sites excluding steroid dienone is 2. The molecule has 0 bridgehead atoms. The number of anilines is 1. The molecular weight excluding hydrogens is 283 g/mol. The average molecular weight is 297 g/mol. The van der Waals surface area contributed by atoms with Crippen LogP contribution in [0.5, 0.6) is 0 Å². The molecule has 0 fully saturated rings. The summed E-state index contributed by atoms with van der Waals surface area (Å²) in [4.78, 5) is 10.9. The Bertz CT molecular complexity index is 620. The zero-order chi connectivity index (χ0) is 15.7. The second kappa shape index (κ2) is 5.37. The molecule has 0 radical (unpaired) electrons. The van der Waals surface area contributed by atoms with Gasteiger partial charge in [0, 0.05) is 19.1 Å². The third-order valence-corrected chi connectivity index (χ3v) is 3.53. The number of carbonyl (C=O) groups excluding carboxylic acids is 1. The van der Waals surface area contributed by atoms with Crippen LogP contribution < -0.4 is 5.73 Å². The van der Waals surface area contributed by atoms with Crippen LogP contribution in [0, 0.1) is 0 Å². The predicted molar refractivity (Wildman–Crippen MR) is 72.4 cm³/mol.